The molecular weight excluding hydrogens is 344 g/mol. The highest BCUT2D eigenvalue weighted by molar-refractivity contribution is 8.01. The van der Waals surface area contributed by atoms with Crippen LogP contribution in [0.4, 0.5) is 5.69 Å². The molecular formula is C17H22N2O5S. The maximum Gasteiger partial charge on any atom is 0.248 e. The monoisotopic (exact) mass is 366 g/mol. The largest absolute Gasteiger partial charge is 0.493 e. The fourth-order valence-electron chi connectivity index (χ4n) is 3.39. The molecule has 7 nitrogen and oxygen atoms in total. The Balaban J connectivity index is 1.83. The van der Waals surface area contributed by atoms with Crippen LogP contribution in [0.1, 0.15) is 19.8 Å². The second kappa shape index (κ2) is 6.67. The van der Waals surface area contributed by atoms with Crippen LogP contribution in [0, 0.1) is 0 Å². The number of amides is 2. The van der Waals surface area contributed by atoms with Crippen LogP contribution in [-0.2, 0) is 9.59 Å². The van der Waals surface area contributed by atoms with E-state index in [1.165, 1.54) is 21.3 Å². The third-order valence-corrected chi connectivity index (χ3v) is 6.18. The van der Waals surface area contributed by atoms with Crippen LogP contribution in [0.15, 0.2) is 12.1 Å². The fraction of sp³-hybridized carbons (Fsp3) is 0.529. The highest BCUT2D eigenvalue weighted by atomic mass is 32.2. The standard InChI is InChI=1S/C17H22N2O5S/c1-17-6-5-14(20)19(17)11(9-25-17)16(21)18-10-7-12(22-2)15(24-4)13(8-10)23-3/h7-8,11H,5-6,9H2,1-4H3,(H,18,21)/t11-,17-/m1/s1. The number of benzene rings is 1. The zero-order valence-electron chi connectivity index (χ0n) is 14.8. The SMILES string of the molecule is COc1cc(NC(=O)[C@H]2CS[C@]3(C)CCC(=O)N23)cc(OC)c1OC. The van der Waals surface area contributed by atoms with Crippen LogP contribution in [0.2, 0.25) is 0 Å². The number of hydrogen-bond donors (Lipinski definition) is 1. The molecule has 2 heterocycles. The lowest BCUT2D eigenvalue weighted by Crippen LogP contribution is -2.48. The molecule has 1 aromatic carbocycles. The summed E-state index contributed by atoms with van der Waals surface area (Å²) in [6.07, 6.45) is 1.28. The molecule has 0 saturated carbocycles. The fourth-order valence-corrected chi connectivity index (χ4v) is 4.83. The van der Waals surface area contributed by atoms with Gasteiger partial charge in [-0.15, -0.1) is 11.8 Å². The Bertz CT molecular complexity index is 685. The van der Waals surface area contributed by atoms with E-state index < -0.39 is 6.04 Å². The number of thioether (sulfide) groups is 1. The lowest BCUT2D eigenvalue weighted by Gasteiger charge is -2.29. The van der Waals surface area contributed by atoms with E-state index >= 15 is 0 Å². The first-order chi connectivity index (χ1) is 11.9. The smallest absolute Gasteiger partial charge is 0.248 e. The number of methoxy groups -OCH3 is 3. The number of fused-ring (bicyclic) bond motifs is 1. The van der Waals surface area contributed by atoms with Gasteiger partial charge in [0, 0.05) is 30.0 Å². The van der Waals surface area contributed by atoms with Crippen molar-refractivity contribution in [1.29, 1.82) is 0 Å². The minimum Gasteiger partial charge on any atom is -0.493 e. The van der Waals surface area contributed by atoms with Gasteiger partial charge in [0.15, 0.2) is 11.5 Å². The Morgan fingerprint density at radius 2 is 1.88 bits per heavy atom. The molecule has 8 heteroatoms. The highest BCUT2D eigenvalue weighted by Gasteiger charge is 2.52. The zero-order chi connectivity index (χ0) is 18.2. The Morgan fingerprint density at radius 1 is 1.24 bits per heavy atom. The Kier molecular flexibility index (Phi) is 4.73. The maximum atomic E-state index is 12.8. The van der Waals surface area contributed by atoms with Gasteiger partial charge in [0.2, 0.25) is 17.6 Å². The van der Waals surface area contributed by atoms with Gasteiger partial charge < -0.3 is 24.4 Å². The van der Waals surface area contributed by atoms with Gasteiger partial charge >= 0.3 is 0 Å². The summed E-state index contributed by atoms with van der Waals surface area (Å²) in [4.78, 5) is 26.4. The lowest BCUT2D eigenvalue weighted by atomic mass is 10.2. The van der Waals surface area contributed by atoms with Gasteiger partial charge in [-0.25, -0.2) is 0 Å². The summed E-state index contributed by atoms with van der Waals surface area (Å²) in [5.41, 5.74) is 0.532. The number of anilines is 1. The number of carbonyl (C=O) groups excluding carboxylic acids is 2. The highest BCUT2D eigenvalue weighted by Crippen LogP contribution is 2.47. The van der Waals surface area contributed by atoms with Crippen molar-refractivity contribution in [1.82, 2.24) is 4.90 Å². The first kappa shape index (κ1) is 17.7. The molecule has 3 rings (SSSR count). The molecule has 0 bridgehead atoms. The maximum absolute atomic E-state index is 12.8. The van der Waals surface area contributed by atoms with Crippen molar-refractivity contribution in [2.75, 3.05) is 32.4 Å². The third kappa shape index (κ3) is 2.99. The summed E-state index contributed by atoms with van der Waals surface area (Å²) >= 11 is 1.66. The van der Waals surface area contributed by atoms with E-state index in [0.717, 1.165) is 6.42 Å². The van der Waals surface area contributed by atoms with E-state index in [1.807, 2.05) is 6.92 Å². The van der Waals surface area contributed by atoms with Gasteiger partial charge in [-0.1, -0.05) is 0 Å². The minimum absolute atomic E-state index is 0.0394. The van der Waals surface area contributed by atoms with E-state index in [2.05, 4.69) is 5.32 Å². The van der Waals surface area contributed by atoms with Crippen molar-refractivity contribution in [3.8, 4) is 17.2 Å². The summed E-state index contributed by atoms with van der Waals surface area (Å²) in [5.74, 6) is 1.80. The van der Waals surface area contributed by atoms with Gasteiger partial charge in [-0.2, -0.15) is 0 Å². The van der Waals surface area contributed by atoms with Crippen LogP contribution in [0.5, 0.6) is 17.2 Å². The number of nitrogens with one attached hydrogen (secondary N) is 1. The molecule has 136 valence electrons. The molecule has 25 heavy (non-hydrogen) atoms. The molecule has 2 saturated heterocycles. The molecule has 1 N–H and O–H groups in total. The van der Waals surface area contributed by atoms with Crippen molar-refractivity contribution in [2.24, 2.45) is 0 Å². The summed E-state index contributed by atoms with van der Waals surface area (Å²) in [6.45, 7) is 2.02. The van der Waals surface area contributed by atoms with E-state index in [0.29, 0.717) is 35.1 Å². The molecule has 0 unspecified atom stereocenters. The summed E-state index contributed by atoms with van der Waals surface area (Å²) in [6, 6.07) is 2.88. The van der Waals surface area contributed by atoms with Crippen LogP contribution in [0.25, 0.3) is 0 Å². The van der Waals surface area contributed by atoms with Crippen LogP contribution >= 0.6 is 11.8 Å². The second-order valence-corrected chi connectivity index (χ2v) is 7.67. The molecule has 0 spiro atoms. The first-order valence-electron chi connectivity index (χ1n) is 8.00. The number of rotatable bonds is 5. The van der Waals surface area contributed by atoms with Crippen molar-refractivity contribution in [3.63, 3.8) is 0 Å². The topological polar surface area (TPSA) is 77.1 Å². The van der Waals surface area contributed by atoms with Gasteiger partial charge in [0.25, 0.3) is 0 Å². The van der Waals surface area contributed by atoms with Crippen molar-refractivity contribution in [2.45, 2.75) is 30.7 Å². The minimum atomic E-state index is -0.468. The molecule has 2 aliphatic rings. The predicted molar refractivity (Wildman–Crippen MR) is 95.5 cm³/mol. The summed E-state index contributed by atoms with van der Waals surface area (Å²) in [7, 11) is 4.56. The average molecular weight is 366 g/mol. The van der Waals surface area contributed by atoms with E-state index in [1.54, 1.807) is 28.8 Å². The summed E-state index contributed by atoms with van der Waals surface area (Å²) < 4.78 is 15.9. The molecule has 2 aliphatic heterocycles. The molecule has 1 aromatic rings. The third-order valence-electron chi connectivity index (χ3n) is 4.68. The lowest BCUT2D eigenvalue weighted by molar-refractivity contribution is -0.135. The molecule has 0 aliphatic carbocycles. The quantitative estimate of drug-likeness (QED) is 0.860. The molecule has 2 atom stereocenters. The molecule has 0 radical (unpaired) electrons. The van der Waals surface area contributed by atoms with Crippen LogP contribution < -0.4 is 19.5 Å². The number of hydrogen-bond acceptors (Lipinski definition) is 6. The van der Waals surface area contributed by atoms with Gasteiger partial charge in [0.1, 0.15) is 6.04 Å². The van der Waals surface area contributed by atoms with Crippen molar-refractivity contribution >= 4 is 29.3 Å². The number of ether oxygens (including phenoxy) is 3. The number of nitrogens with zero attached hydrogens (tertiary/aromatic N) is 1. The van der Waals surface area contributed by atoms with Crippen molar-refractivity contribution in [3.05, 3.63) is 12.1 Å². The second-order valence-electron chi connectivity index (χ2n) is 6.17. The van der Waals surface area contributed by atoms with Crippen LogP contribution in [0.3, 0.4) is 0 Å². The molecule has 2 amide bonds. The van der Waals surface area contributed by atoms with Gasteiger partial charge in [-0.3, -0.25) is 9.59 Å². The van der Waals surface area contributed by atoms with Gasteiger partial charge in [-0.05, 0) is 13.3 Å². The van der Waals surface area contributed by atoms with E-state index in [-0.39, 0.29) is 16.7 Å². The Hall–Kier alpha value is -2.09. The summed E-state index contributed by atoms with van der Waals surface area (Å²) in [5, 5.41) is 2.87. The molecule has 0 aromatic heterocycles. The Labute approximate surface area is 151 Å². The predicted octanol–water partition coefficient (Wildman–Crippen LogP) is 2.10. The van der Waals surface area contributed by atoms with E-state index in [9.17, 15) is 9.59 Å². The normalized spacial score (nSPS) is 24.9. The number of carbonyl (C=O) groups is 2. The van der Waals surface area contributed by atoms with Gasteiger partial charge in [0.05, 0.1) is 26.2 Å². The average Bonchev–Trinajstić information content (AvgIpc) is 3.10. The van der Waals surface area contributed by atoms with Crippen molar-refractivity contribution < 1.29 is 23.8 Å². The van der Waals surface area contributed by atoms with E-state index in [4.69, 9.17) is 14.2 Å². The molecule has 2 fully saturated rings. The Morgan fingerprint density at radius 3 is 2.44 bits per heavy atom. The van der Waals surface area contributed by atoms with Crippen LogP contribution in [-0.4, -0.2) is 54.7 Å². The first-order valence-corrected chi connectivity index (χ1v) is 8.99. The zero-order valence-corrected chi connectivity index (χ0v) is 15.6.